The molecule has 1 heterocycles. The lowest BCUT2D eigenvalue weighted by Gasteiger charge is -2.32. The standard InChI is InChI=1S/C13H14ClFN2O4/c14-9-5-8(15)1-2-10(9)16-12(18)6-17-3-4-21-7-11(17)13(19)20/h1-2,5,11H,3-4,6-7H2,(H,16,18)(H,19,20). The number of halogens is 2. The van der Waals surface area contributed by atoms with E-state index in [1.165, 1.54) is 17.0 Å². The fraction of sp³-hybridized carbons (Fsp3) is 0.385. The SMILES string of the molecule is O=C(CN1CCOCC1C(=O)O)Nc1ccc(F)cc1Cl. The van der Waals surface area contributed by atoms with Crippen molar-refractivity contribution in [2.45, 2.75) is 6.04 Å². The molecule has 1 amide bonds. The van der Waals surface area contributed by atoms with Gasteiger partial charge in [0, 0.05) is 6.54 Å². The van der Waals surface area contributed by atoms with Crippen molar-refractivity contribution in [2.24, 2.45) is 0 Å². The van der Waals surface area contributed by atoms with Crippen molar-refractivity contribution in [1.29, 1.82) is 0 Å². The molecule has 0 bridgehead atoms. The Morgan fingerprint density at radius 3 is 2.95 bits per heavy atom. The zero-order valence-corrected chi connectivity index (χ0v) is 11.8. The summed E-state index contributed by atoms with van der Waals surface area (Å²) in [7, 11) is 0. The molecule has 0 aliphatic carbocycles. The Hall–Kier alpha value is -1.70. The maximum absolute atomic E-state index is 12.9. The van der Waals surface area contributed by atoms with E-state index in [9.17, 15) is 14.0 Å². The van der Waals surface area contributed by atoms with E-state index in [0.717, 1.165) is 6.07 Å². The summed E-state index contributed by atoms with van der Waals surface area (Å²) in [5.41, 5.74) is 0.281. The van der Waals surface area contributed by atoms with Gasteiger partial charge in [0.05, 0.1) is 30.5 Å². The van der Waals surface area contributed by atoms with Gasteiger partial charge in [-0.05, 0) is 18.2 Å². The number of nitrogens with one attached hydrogen (secondary N) is 1. The molecule has 6 nitrogen and oxygen atoms in total. The van der Waals surface area contributed by atoms with Gasteiger partial charge in [-0.15, -0.1) is 0 Å². The molecule has 1 aliphatic rings. The predicted molar refractivity (Wildman–Crippen MR) is 73.9 cm³/mol. The molecule has 1 aromatic carbocycles. The summed E-state index contributed by atoms with van der Waals surface area (Å²) in [6.07, 6.45) is 0. The minimum atomic E-state index is -1.04. The third-order valence-electron chi connectivity index (χ3n) is 3.08. The van der Waals surface area contributed by atoms with Crippen LogP contribution < -0.4 is 5.32 Å². The van der Waals surface area contributed by atoms with Crippen LogP contribution in [0.25, 0.3) is 0 Å². The number of carboxylic acids is 1. The summed E-state index contributed by atoms with van der Waals surface area (Å²) in [6, 6.07) is 2.76. The molecule has 21 heavy (non-hydrogen) atoms. The highest BCUT2D eigenvalue weighted by molar-refractivity contribution is 6.33. The van der Waals surface area contributed by atoms with Crippen LogP contribution in [0.3, 0.4) is 0 Å². The molecule has 0 saturated carbocycles. The lowest BCUT2D eigenvalue weighted by Crippen LogP contribution is -2.52. The molecule has 0 aromatic heterocycles. The number of nitrogens with zero attached hydrogens (tertiary/aromatic N) is 1. The lowest BCUT2D eigenvalue weighted by molar-refractivity contribution is -0.150. The molecule has 1 unspecified atom stereocenters. The van der Waals surface area contributed by atoms with Crippen LogP contribution >= 0.6 is 11.6 Å². The van der Waals surface area contributed by atoms with Gasteiger partial charge in [-0.1, -0.05) is 11.6 Å². The van der Waals surface area contributed by atoms with Crippen molar-refractivity contribution in [3.63, 3.8) is 0 Å². The topological polar surface area (TPSA) is 78.9 Å². The van der Waals surface area contributed by atoms with Crippen LogP contribution in [0, 0.1) is 5.82 Å². The number of anilines is 1. The van der Waals surface area contributed by atoms with Crippen molar-refractivity contribution in [1.82, 2.24) is 4.90 Å². The molecule has 2 rings (SSSR count). The van der Waals surface area contributed by atoms with Crippen molar-refractivity contribution < 1.29 is 23.8 Å². The molecule has 0 spiro atoms. The molecule has 1 atom stereocenters. The Morgan fingerprint density at radius 1 is 1.52 bits per heavy atom. The second-order valence-corrected chi connectivity index (χ2v) is 4.98. The van der Waals surface area contributed by atoms with E-state index in [1.54, 1.807) is 0 Å². The summed E-state index contributed by atoms with van der Waals surface area (Å²) >= 11 is 5.81. The highest BCUT2D eigenvalue weighted by Gasteiger charge is 2.30. The third-order valence-corrected chi connectivity index (χ3v) is 3.39. The molecular weight excluding hydrogens is 303 g/mol. The minimum absolute atomic E-state index is 0.0416. The molecule has 0 radical (unpaired) electrons. The first kappa shape index (κ1) is 15.7. The minimum Gasteiger partial charge on any atom is -0.480 e. The number of rotatable bonds is 4. The molecule has 1 aliphatic heterocycles. The van der Waals surface area contributed by atoms with Crippen LogP contribution in [0.15, 0.2) is 18.2 Å². The van der Waals surface area contributed by atoms with Crippen molar-refractivity contribution in [3.05, 3.63) is 29.0 Å². The van der Waals surface area contributed by atoms with Crippen molar-refractivity contribution in [3.8, 4) is 0 Å². The van der Waals surface area contributed by atoms with Gasteiger partial charge in [0.2, 0.25) is 5.91 Å². The second-order valence-electron chi connectivity index (χ2n) is 4.57. The maximum Gasteiger partial charge on any atom is 0.323 e. The number of hydrogen-bond acceptors (Lipinski definition) is 4. The molecule has 1 saturated heterocycles. The highest BCUT2D eigenvalue weighted by atomic mass is 35.5. The number of carboxylic acid groups (broad SMARTS) is 1. The van der Waals surface area contributed by atoms with Crippen LogP contribution in [0.1, 0.15) is 0 Å². The molecule has 1 aromatic rings. The first-order chi connectivity index (χ1) is 9.97. The van der Waals surface area contributed by atoms with Crippen molar-refractivity contribution in [2.75, 3.05) is 31.6 Å². The third kappa shape index (κ3) is 4.13. The van der Waals surface area contributed by atoms with Crippen LogP contribution in [0.4, 0.5) is 10.1 Å². The smallest absolute Gasteiger partial charge is 0.323 e. The van der Waals surface area contributed by atoms with Gasteiger partial charge in [0.1, 0.15) is 11.9 Å². The van der Waals surface area contributed by atoms with Gasteiger partial charge in [-0.25, -0.2) is 4.39 Å². The fourth-order valence-electron chi connectivity index (χ4n) is 2.02. The maximum atomic E-state index is 12.9. The van der Waals surface area contributed by atoms with E-state index in [-0.39, 0.29) is 23.9 Å². The second kappa shape index (κ2) is 6.84. The summed E-state index contributed by atoms with van der Waals surface area (Å²) in [4.78, 5) is 24.5. The monoisotopic (exact) mass is 316 g/mol. The Bertz CT molecular complexity index is 555. The summed E-state index contributed by atoms with van der Waals surface area (Å²) in [6.45, 7) is 0.657. The van der Waals surface area contributed by atoms with E-state index in [0.29, 0.717) is 13.2 Å². The zero-order valence-electron chi connectivity index (χ0n) is 11.0. The average molecular weight is 317 g/mol. The first-order valence-corrected chi connectivity index (χ1v) is 6.64. The van der Waals surface area contributed by atoms with E-state index in [2.05, 4.69) is 5.32 Å². The number of carbonyl (C=O) groups is 2. The first-order valence-electron chi connectivity index (χ1n) is 6.27. The summed E-state index contributed by atoms with van der Waals surface area (Å²) in [5, 5.41) is 11.7. The number of amides is 1. The van der Waals surface area contributed by atoms with Gasteiger partial charge < -0.3 is 15.2 Å². The van der Waals surface area contributed by atoms with E-state index in [1.807, 2.05) is 0 Å². The summed E-state index contributed by atoms with van der Waals surface area (Å²) < 4.78 is 18.0. The van der Waals surface area contributed by atoms with Crippen LogP contribution in [0.2, 0.25) is 5.02 Å². The predicted octanol–water partition coefficient (Wildman–Crippen LogP) is 1.20. The molecule has 8 heteroatoms. The van der Waals surface area contributed by atoms with E-state index in [4.69, 9.17) is 21.4 Å². The summed E-state index contributed by atoms with van der Waals surface area (Å²) in [5.74, 6) is -1.96. The zero-order chi connectivity index (χ0) is 15.4. The Morgan fingerprint density at radius 2 is 2.29 bits per heavy atom. The number of morpholine rings is 1. The molecular formula is C13H14ClFN2O4. The largest absolute Gasteiger partial charge is 0.480 e. The number of hydrogen-bond donors (Lipinski definition) is 2. The van der Waals surface area contributed by atoms with Gasteiger partial charge in [0.15, 0.2) is 0 Å². The van der Waals surface area contributed by atoms with Crippen LogP contribution in [-0.2, 0) is 14.3 Å². The average Bonchev–Trinajstić information content (AvgIpc) is 2.42. The highest BCUT2D eigenvalue weighted by Crippen LogP contribution is 2.22. The lowest BCUT2D eigenvalue weighted by atomic mass is 10.2. The van der Waals surface area contributed by atoms with Crippen LogP contribution in [-0.4, -0.2) is 54.2 Å². The van der Waals surface area contributed by atoms with Crippen molar-refractivity contribution >= 4 is 29.2 Å². The Kier molecular flexibility index (Phi) is 5.11. The van der Waals surface area contributed by atoms with Crippen LogP contribution in [0.5, 0.6) is 0 Å². The fourth-order valence-corrected chi connectivity index (χ4v) is 2.23. The Labute approximate surface area is 125 Å². The van der Waals surface area contributed by atoms with E-state index >= 15 is 0 Å². The van der Waals surface area contributed by atoms with Gasteiger partial charge >= 0.3 is 5.97 Å². The van der Waals surface area contributed by atoms with Gasteiger partial charge in [-0.2, -0.15) is 0 Å². The molecule has 2 N–H and O–H groups in total. The normalized spacial score (nSPS) is 19.2. The number of ether oxygens (including phenoxy) is 1. The number of benzene rings is 1. The molecule has 114 valence electrons. The van der Waals surface area contributed by atoms with Gasteiger partial charge in [-0.3, -0.25) is 14.5 Å². The van der Waals surface area contributed by atoms with E-state index < -0.39 is 23.7 Å². The Balaban J connectivity index is 1.98. The quantitative estimate of drug-likeness (QED) is 0.872. The molecule has 1 fully saturated rings. The number of aliphatic carboxylic acids is 1. The van der Waals surface area contributed by atoms with Gasteiger partial charge in [0.25, 0.3) is 0 Å². The number of carbonyl (C=O) groups excluding carboxylic acids is 1.